The smallest absolute Gasteiger partial charge is 0.137 e. The summed E-state index contributed by atoms with van der Waals surface area (Å²) in [6.45, 7) is 1.80. The van der Waals surface area contributed by atoms with Crippen LogP contribution in [0.2, 0.25) is 0 Å². The van der Waals surface area contributed by atoms with Crippen LogP contribution in [0.25, 0.3) is 0 Å². The van der Waals surface area contributed by atoms with Gasteiger partial charge in [-0.1, -0.05) is 12.1 Å². The van der Waals surface area contributed by atoms with Crippen LogP contribution in [0.5, 0.6) is 0 Å². The van der Waals surface area contributed by atoms with Gasteiger partial charge in [-0.3, -0.25) is 0 Å². The van der Waals surface area contributed by atoms with Crippen molar-refractivity contribution in [2.45, 2.75) is 19.4 Å². The van der Waals surface area contributed by atoms with E-state index in [1.165, 1.54) is 18.2 Å². The summed E-state index contributed by atoms with van der Waals surface area (Å²) < 4.78 is 26.4. The van der Waals surface area contributed by atoms with E-state index in [0.29, 0.717) is 16.5 Å². The van der Waals surface area contributed by atoms with Gasteiger partial charge in [0, 0.05) is 6.42 Å². The number of hydrogen-bond donors (Lipinski definition) is 1. The lowest BCUT2D eigenvalue weighted by Crippen LogP contribution is -2.04. The maximum Gasteiger partial charge on any atom is 0.137 e. The number of hydrogen-bond acceptors (Lipinski definition) is 1. The molecule has 0 aliphatic heterocycles. The normalized spacial score (nSPS) is 12.5. The van der Waals surface area contributed by atoms with E-state index in [4.69, 9.17) is 0 Å². The summed E-state index contributed by atoms with van der Waals surface area (Å²) in [6, 6.07) is 8.87. The molecule has 0 aliphatic carbocycles. The highest BCUT2D eigenvalue weighted by Gasteiger charge is 2.12. The second-order valence-corrected chi connectivity index (χ2v) is 5.32. The van der Waals surface area contributed by atoms with E-state index in [1.807, 2.05) is 0 Å². The van der Waals surface area contributed by atoms with Gasteiger partial charge in [-0.15, -0.1) is 0 Å². The molecule has 1 unspecified atom stereocenters. The largest absolute Gasteiger partial charge is 0.388 e. The summed E-state index contributed by atoms with van der Waals surface area (Å²) in [5.41, 5.74) is 2.28. The van der Waals surface area contributed by atoms with Gasteiger partial charge in [0.2, 0.25) is 0 Å². The predicted octanol–water partition coefficient (Wildman–Crippen LogP) is 4.31. The quantitative estimate of drug-likeness (QED) is 0.891. The van der Waals surface area contributed by atoms with Gasteiger partial charge < -0.3 is 5.11 Å². The van der Waals surface area contributed by atoms with Gasteiger partial charge in [-0.2, -0.15) is 0 Å². The molecule has 0 fully saturated rings. The van der Waals surface area contributed by atoms with Crippen LogP contribution in [0.3, 0.4) is 0 Å². The summed E-state index contributed by atoms with van der Waals surface area (Å²) >= 11 is 3.09. The Morgan fingerprint density at radius 3 is 2.53 bits per heavy atom. The van der Waals surface area contributed by atoms with Crippen molar-refractivity contribution < 1.29 is 13.9 Å². The van der Waals surface area contributed by atoms with Crippen LogP contribution in [0.1, 0.15) is 22.8 Å². The SMILES string of the molecule is Cc1cc(F)ccc1CC(O)c1ccc(F)c(Br)c1. The molecule has 2 aromatic rings. The first-order valence-electron chi connectivity index (χ1n) is 5.85. The molecule has 0 radical (unpaired) electrons. The Kier molecular flexibility index (Phi) is 4.32. The van der Waals surface area contributed by atoms with Gasteiger partial charge >= 0.3 is 0 Å². The first-order valence-corrected chi connectivity index (χ1v) is 6.64. The summed E-state index contributed by atoms with van der Waals surface area (Å²) in [6.07, 6.45) is -0.384. The minimum absolute atomic E-state index is 0.291. The highest BCUT2D eigenvalue weighted by atomic mass is 79.9. The lowest BCUT2D eigenvalue weighted by molar-refractivity contribution is 0.178. The molecule has 0 aliphatic rings. The van der Waals surface area contributed by atoms with Gasteiger partial charge in [-0.25, -0.2) is 8.78 Å². The Morgan fingerprint density at radius 1 is 1.16 bits per heavy atom. The van der Waals surface area contributed by atoms with Gasteiger partial charge in [-0.05, 0) is 63.8 Å². The van der Waals surface area contributed by atoms with Crippen LogP contribution in [-0.2, 0) is 6.42 Å². The zero-order chi connectivity index (χ0) is 14.0. The fraction of sp³-hybridized carbons (Fsp3) is 0.200. The first kappa shape index (κ1) is 14.2. The Hall–Kier alpha value is -1.26. The maximum absolute atomic E-state index is 13.1. The molecule has 19 heavy (non-hydrogen) atoms. The topological polar surface area (TPSA) is 20.2 Å². The number of aliphatic hydroxyl groups excluding tert-OH is 1. The van der Waals surface area contributed by atoms with Crippen LogP contribution in [0.15, 0.2) is 40.9 Å². The van der Waals surface area contributed by atoms with E-state index in [9.17, 15) is 13.9 Å². The molecule has 0 saturated heterocycles. The summed E-state index contributed by atoms with van der Waals surface area (Å²) in [5, 5.41) is 10.1. The highest BCUT2D eigenvalue weighted by molar-refractivity contribution is 9.10. The van der Waals surface area contributed by atoms with Crippen LogP contribution >= 0.6 is 15.9 Å². The Bertz CT molecular complexity index is 599. The molecule has 1 atom stereocenters. The van der Waals surface area contributed by atoms with Crippen LogP contribution < -0.4 is 0 Å². The summed E-state index contributed by atoms with van der Waals surface area (Å²) in [7, 11) is 0. The van der Waals surface area contributed by atoms with E-state index in [2.05, 4.69) is 15.9 Å². The molecule has 1 nitrogen and oxygen atoms in total. The number of aryl methyl sites for hydroxylation is 1. The summed E-state index contributed by atoms with van der Waals surface area (Å²) in [5.74, 6) is -0.658. The number of halogens is 3. The Morgan fingerprint density at radius 2 is 1.89 bits per heavy atom. The second kappa shape index (κ2) is 5.80. The van der Waals surface area contributed by atoms with Crippen molar-refractivity contribution in [3.63, 3.8) is 0 Å². The molecule has 2 rings (SSSR count). The molecule has 0 bridgehead atoms. The monoisotopic (exact) mass is 326 g/mol. The zero-order valence-electron chi connectivity index (χ0n) is 10.3. The van der Waals surface area contributed by atoms with E-state index >= 15 is 0 Å². The van der Waals surface area contributed by atoms with Crippen molar-refractivity contribution in [1.29, 1.82) is 0 Å². The molecule has 4 heteroatoms. The molecule has 0 heterocycles. The third-order valence-electron chi connectivity index (χ3n) is 3.05. The van der Waals surface area contributed by atoms with Crippen LogP contribution in [-0.4, -0.2) is 5.11 Å². The number of aliphatic hydroxyl groups is 1. The van der Waals surface area contributed by atoms with Crippen LogP contribution in [0.4, 0.5) is 8.78 Å². The lowest BCUT2D eigenvalue weighted by atomic mass is 9.98. The fourth-order valence-electron chi connectivity index (χ4n) is 1.93. The second-order valence-electron chi connectivity index (χ2n) is 4.46. The molecule has 0 spiro atoms. The van der Waals surface area contributed by atoms with E-state index < -0.39 is 6.10 Å². The van der Waals surface area contributed by atoms with E-state index in [-0.39, 0.29) is 11.6 Å². The zero-order valence-corrected chi connectivity index (χ0v) is 11.9. The predicted molar refractivity (Wildman–Crippen MR) is 73.9 cm³/mol. The average molecular weight is 327 g/mol. The number of benzene rings is 2. The molecular formula is C15H13BrF2O. The fourth-order valence-corrected chi connectivity index (χ4v) is 2.33. The van der Waals surface area contributed by atoms with Crippen molar-refractivity contribution in [2.24, 2.45) is 0 Å². The van der Waals surface area contributed by atoms with Crippen LogP contribution in [0, 0.1) is 18.6 Å². The molecule has 0 saturated carbocycles. The van der Waals surface area contributed by atoms with Gasteiger partial charge in [0.15, 0.2) is 0 Å². The van der Waals surface area contributed by atoms with Crippen molar-refractivity contribution in [3.8, 4) is 0 Å². The van der Waals surface area contributed by atoms with E-state index in [0.717, 1.165) is 11.1 Å². The highest BCUT2D eigenvalue weighted by Crippen LogP contribution is 2.25. The molecule has 0 amide bonds. The Balaban J connectivity index is 2.20. The molecule has 0 aromatic heterocycles. The minimum atomic E-state index is -0.749. The molecule has 2 aromatic carbocycles. The Labute approximate surface area is 119 Å². The first-order chi connectivity index (χ1) is 8.97. The van der Waals surface area contributed by atoms with Gasteiger partial charge in [0.1, 0.15) is 11.6 Å². The third-order valence-corrected chi connectivity index (χ3v) is 3.65. The van der Waals surface area contributed by atoms with Gasteiger partial charge in [0.05, 0.1) is 10.6 Å². The standard InChI is InChI=1S/C15H13BrF2O/c1-9-6-12(17)4-2-10(9)8-15(19)11-3-5-14(18)13(16)7-11/h2-7,15,19H,8H2,1H3. The third kappa shape index (κ3) is 3.39. The van der Waals surface area contributed by atoms with Crippen molar-refractivity contribution in [2.75, 3.05) is 0 Å². The molecular weight excluding hydrogens is 314 g/mol. The lowest BCUT2D eigenvalue weighted by Gasteiger charge is -2.13. The van der Waals surface area contributed by atoms with Gasteiger partial charge in [0.25, 0.3) is 0 Å². The van der Waals surface area contributed by atoms with Crippen molar-refractivity contribution >= 4 is 15.9 Å². The molecule has 1 N–H and O–H groups in total. The number of rotatable bonds is 3. The van der Waals surface area contributed by atoms with Crippen molar-refractivity contribution in [1.82, 2.24) is 0 Å². The van der Waals surface area contributed by atoms with Crippen molar-refractivity contribution in [3.05, 3.63) is 69.2 Å². The average Bonchev–Trinajstić information content (AvgIpc) is 2.36. The van der Waals surface area contributed by atoms with E-state index in [1.54, 1.807) is 25.1 Å². The summed E-state index contributed by atoms with van der Waals surface area (Å²) in [4.78, 5) is 0. The molecule has 100 valence electrons. The maximum atomic E-state index is 13.1. The minimum Gasteiger partial charge on any atom is -0.388 e.